The number of aryl methyl sites for hydroxylation is 1. The van der Waals surface area contributed by atoms with E-state index in [9.17, 15) is 9.59 Å². The van der Waals surface area contributed by atoms with Crippen molar-refractivity contribution < 1.29 is 23.5 Å². The van der Waals surface area contributed by atoms with E-state index in [1.807, 2.05) is 32.0 Å². The Morgan fingerprint density at radius 2 is 1.88 bits per heavy atom. The number of furan rings is 1. The number of hydrogen-bond donors (Lipinski definition) is 2. The zero-order valence-corrected chi connectivity index (χ0v) is 15.0. The lowest BCUT2D eigenvalue weighted by molar-refractivity contribution is -0.120. The Balaban J connectivity index is 1.52. The minimum absolute atomic E-state index is 0.0966. The highest BCUT2D eigenvalue weighted by atomic mass is 16.7. The van der Waals surface area contributed by atoms with Crippen LogP contribution in [0.25, 0.3) is 0 Å². The molecular formula is C19H22N2O5. The van der Waals surface area contributed by atoms with Crippen LogP contribution in [-0.2, 0) is 10.2 Å². The number of rotatable bonds is 6. The van der Waals surface area contributed by atoms with Crippen LogP contribution in [0, 0.1) is 6.92 Å². The molecule has 138 valence electrons. The molecule has 0 radical (unpaired) electrons. The van der Waals surface area contributed by atoms with E-state index in [-0.39, 0.29) is 30.6 Å². The quantitative estimate of drug-likeness (QED) is 0.826. The second kappa shape index (κ2) is 7.11. The zero-order chi connectivity index (χ0) is 18.7. The van der Waals surface area contributed by atoms with E-state index in [1.165, 1.54) is 6.26 Å². The van der Waals surface area contributed by atoms with E-state index in [1.54, 1.807) is 13.0 Å². The molecule has 1 aromatic carbocycles. The molecule has 0 aliphatic carbocycles. The fourth-order valence-electron chi connectivity index (χ4n) is 2.68. The SMILES string of the molecule is Cc1occc1C(=O)NCC(=O)NCC(C)(C)c1ccc2c(c1)OCO2. The van der Waals surface area contributed by atoms with Crippen molar-refractivity contribution in [1.82, 2.24) is 10.6 Å². The van der Waals surface area contributed by atoms with E-state index < -0.39 is 0 Å². The molecule has 26 heavy (non-hydrogen) atoms. The summed E-state index contributed by atoms with van der Waals surface area (Å²) in [5.41, 5.74) is 1.15. The first-order valence-corrected chi connectivity index (χ1v) is 8.36. The van der Waals surface area contributed by atoms with Gasteiger partial charge in [-0.05, 0) is 30.7 Å². The Hall–Kier alpha value is -2.96. The van der Waals surface area contributed by atoms with Crippen molar-refractivity contribution in [3.63, 3.8) is 0 Å². The van der Waals surface area contributed by atoms with Crippen LogP contribution in [0.3, 0.4) is 0 Å². The number of benzene rings is 1. The number of carbonyl (C=O) groups excluding carboxylic acids is 2. The maximum Gasteiger partial charge on any atom is 0.255 e. The van der Waals surface area contributed by atoms with Crippen LogP contribution in [0.5, 0.6) is 11.5 Å². The van der Waals surface area contributed by atoms with Crippen molar-refractivity contribution >= 4 is 11.8 Å². The van der Waals surface area contributed by atoms with E-state index in [0.717, 1.165) is 11.3 Å². The van der Waals surface area contributed by atoms with Gasteiger partial charge in [-0.15, -0.1) is 0 Å². The average molecular weight is 358 g/mol. The Labute approximate surface area is 151 Å². The van der Waals surface area contributed by atoms with E-state index in [2.05, 4.69) is 10.6 Å². The summed E-state index contributed by atoms with van der Waals surface area (Å²) in [6.07, 6.45) is 1.44. The maximum absolute atomic E-state index is 12.1. The molecule has 2 heterocycles. The zero-order valence-electron chi connectivity index (χ0n) is 15.0. The lowest BCUT2D eigenvalue weighted by Gasteiger charge is -2.26. The molecule has 2 amide bonds. The second-order valence-corrected chi connectivity index (χ2v) is 6.80. The lowest BCUT2D eigenvalue weighted by Crippen LogP contribution is -2.42. The molecular weight excluding hydrogens is 336 g/mol. The minimum Gasteiger partial charge on any atom is -0.469 e. The van der Waals surface area contributed by atoms with Crippen molar-refractivity contribution in [2.24, 2.45) is 0 Å². The highest BCUT2D eigenvalue weighted by Gasteiger charge is 2.24. The van der Waals surface area contributed by atoms with Crippen LogP contribution in [-0.4, -0.2) is 31.7 Å². The Morgan fingerprint density at radius 3 is 2.62 bits per heavy atom. The highest BCUT2D eigenvalue weighted by Crippen LogP contribution is 2.36. The largest absolute Gasteiger partial charge is 0.469 e. The summed E-state index contributed by atoms with van der Waals surface area (Å²) >= 11 is 0. The summed E-state index contributed by atoms with van der Waals surface area (Å²) < 4.78 is 15.8. The van der Waals surface area contributed by atoms with E-state index >= 15 is 0 Å². The fraction of sp³-hybridized carbons (Fsp3) is 0.368. The van der Waals surface area contributed by atoms with Gasteiger partial charge in [0.05, 0.1) is 18.4 Å². The molecule has 0 fully saturated rings. The first-order chi connectivity index (χ1) is 12.4. The number of amides is 2. The maximum atomic E-state index is 12.1. The van der Waals surface area contributed by atoms with Crippen LogP contribution in [0.2, 0.25) is 0 Å². The van der Waals surface area contributed by atoms with Gasteiger partial charge in [-0.3, -0.25) is 9.59 Å². The fourth-order valence-corrected chi connectivity index (χ4v) is 2.68. The smallest absolute Gasteiger partial charge is 0.255 e. The molecule has 0 saturated carbocycles. The summed E-state index contributed by atoms with van der Waals surface area (Å²) in [6.45, 7) is 6.30. The first-order valence-electron chi connectivity index (χ1n) is 8.36. The van der Waals surface area contributed by atoms with Gasteiger partial charge >= 0.3 is 0 Å². The predicted octanol–water partition coefficient (Wildman–Crippen LogP) is 2.14. The molecule has 0 saturated heterocycles. The second-order valence-electron chi connectivity index (χ2n) is 6.80. The third-order valence-corrected chi connectivity index (χ3v) is 4.39. The molecule has 1 aliphatic heterocycles. The van der Waals surface area contributed by atoms with Gasteiger partial charge < -0.3 is 24.5 Å². The molecule has 1 aromatic heterocycles. The van der Waals surface area contributed by atoms with Crippen molar-refractivity contribution in [2.45, 2.75) is 26.2 Å². The number of hydrogen-bond acceptors (Lipinski definition) is 5. The molecule has 2 aromatic rings. The van der Waals surface area contributed by atoms with Crippen molar-refractivity contribution in [3.8, 4) is 11.5 Å². The van der Waals surface area contributed by atoms with Crippen LogP contribution in [0.4, 0.5) is 0 Å². The predicted molar refractivity (Wildman–Crippen MR) is 94.4 cm³/mol. The van der Waals surface area contributed by atoms with Crippen LogP contribution in [0.1, 0.15) is 35.5 Å². The summed E-state index contributed by atoms with van der Waals surface area (Å²) in [4.78, 5) is 24.1. The molecule has 0 bridgehead atoms. The average Bonchev–Trinajstić information content (AvgIpc) is 3.25. The van der Waals surface area contributed by atoms with Crippen molar-refractivity contribution in [2.75, 3.05) is 19.9 Å². The third kappa shape index (κ3) is 3.82. The standard InChI is InChI=1S/C19H22N2O5/c1-12-14(6-7-24-12)18(23)20-9-17(22)21-10-19(2,3)13-4-5-15-16(8-13)26-11-25-15/h4-8H,9-11H2,1-3H3,(H,20,23)(H,21,22). The lowest BCUT2D eigenvalue weighted by atomic mass is 9.84. The van der Waals surface area contributed by atoms with Crippen LogP contribution >= 0.6 is 0 Å². The van der Waals surface area contributed by atoms with Gasteiger partial charge in [0.15, 0.2) is 11.5 Å². The molecule has 3 rings (SSSR count). The summed E-state index contributed by atoms with van der Waals surface area (Å²) in [5.74, 6) is 1.37. The van der Waals surface area contributed by atoms with Gasteiger partial charge in [-0.2, -0.15) is 0 Å². The Bertz CT molecular complexity index is 825. The van der Waals surface area contributed by atoms with Crippen LogP contribution in [0.15, 0.2) is 34.9 Å². The van der Waals surface area contributed by atoms with Gasteiger partial charge in [-0.1, -0.05) is 19.9 Å². The van der Waals surface area contributed by atoms with Gasteiger partial charge in [0.1, 0.15) is 5.76 Å². The molecule has 0 spiro atoms. The topological polar surface area (TPSA) is 89.8 Å². The Kier molecular flexibility index (Phi) is 4.88. The van der Waals surface area contributed by atoms with Gasteiger partial charge in [0, 0.05) is 12.0 Å². The monoisotopic (exact) mass is 358 g/mol. The summed E-state index contributed by atoms with van der Waals surface area (Å²) in [5, 5.41) is 5.44. The number of fused-ring (bicyclic) bond motifs is 1. The molecule has 0 unspecified atom stereocenters. The van der Waals surface area contributed by atoms with Gasteiger partial charge in [0.25, 0.3) is 5.91 Å². The molecule has 1 aliphatic rings. The van der Waals surface area contributed by atoms with Crippen molar-refractivity contribution in [1.29, 1.82) is 0 Å². The summed E-state index contributed by atoms with van der Waals surface area (Å²) in [6, 6.07) is 7.33. The molecule has 7 nitrogen and oxygen atoms in total. The highest BCUT2D eigenvalue weighted by molar-refractivity contribution is 5.97. The van der Waals surface area contributed by atoms with E-state index in [0.29, 0.717) is 23.6 Å². The van der Waals surface area contributed by atoms with Crippen molar-refractivity contribution in [3.05, 3.63) is 47.4 Å². The van der Waals surface area contributed by atoms with Crippen LogP contribution < -0.4 is 20.1 Å². The first kappa shape index (κ1) is 17.8. The van der Waals surface area contributed by atoms with Gasteiger partial charge in [0.2, 0.25) is 12.7 Å². The minimum atomic E-state index is -0.332. The van der Waals surface area contributed by atoms with E-state index in [4.69, 9.17) is 13.9 Å². The molecule has 7 heteroatoms. The van der Waals surface area contributed by atoms with Gasteiger partial charge in [-0.25, -0.2) is 0 Å². The number of nitrogens with one attached hydrogen (secondary N) is 2. The number of carbonyl (C=O) groups is 2. The Morgan fingerprint density at radius 1 is 1.12 bits per heavy atom. The molecule has 2 N–H and O–H groups in total. The normalized spacial score (nSPS) is 12.7. The summed E-state index contributed by atoms with van der Waals surface area (Å²) in [7, 11) is 0. The number of ether oxygens (including phenoxy) is 2. The molecule has 0 atom stereocenters. The third-order valence-electron chi connectivity index (χ3n) is 4.39.